The van der Waals surface area contributed by atoms with E-state index < -0.39 is 0 Å². The normalized spacial score (nSPS) is 30.0. The average molecular weight is 332 g/mol. The maximum atomic E-state index is 10.6. The lowest BCUT2D eigenvalue weighted by Crippen LogP contribution is -2.27. The van der Waals surface area contributed by atoms with E-state index in [1.807, 2.05) is 6.07 Å². The first kappa shape index (κ1) is 17.8. The predicted octanol–water partition coefficient (Wildman–Crippen LogP) is 3.83. The molecule has 0 radical (unpaired) electrons. The molecule has 1 saturated carbocycles. The second-order valence-electron chi connectivity index (χ2n) is 7.94. The van der Waals surface area contributed by atoms with E-state index >= 15 is 0 Å². The highest BCUT2D eigenvalue weighted by molar-refractivity contribution is 5.42. The number of phenols is 1. The summed E-state index contributed by atoms with van der Waals surface area (Å²) in [5, 5.41) is 30.8. The van der Waals surface area contributed by atoms with E-state index in [0.29, 0.717) is 23.5 Å². The Hall–Kier alpha value is -1.06. The molecule has 2 aliphatic carbocycles. The van der Waals surface area contributed by atoms with E-state index in [9.17, 15) is 15.3 Å². The van der Waals surface area contributed by atoms with E-state index in [0.717, 1.165) is 50.5 Å². The molecule has 0 aromatic heterocycles. The fraction of sp³-hybridized carbons (Fsp3) is 0.714. The van der Waals surface area contributed by atoms with Crippen LogP contribution in [0.2, 0.25) is 0 Å². The minimum Gasteiger partial charge on any atom is -0.508 e. The van der Waals surface area contributed by atoms with Crippen LogP contribution in [-0.4, -0.2) is 27.5 Å². The second-order valence-corrected chi connectivity index (χ2v) is 7.94. The van der Waals surface area contributed by atoms with Crippen LogP contribution in [0.3, 0.4) is 0 Å². The first-order valence-corrected chi connectivity index (χ1v) is 9.76. The van der Waals surface area contributed by atoms with Gasteiger partial charge in [0.25, 0.3) is 0 Å². The summed E-state index contributed by atoms with van der Waals surface area (Å²) in [7, 11) is 0. The predicted molar refractivity (Wildman–Crippen MR) is 96.0 cm³/mol. The monoisotopic (exact) mass is 332 g/mol. The molecule has 1 fully saturated rings. The third-order valence-electron chi connectivity index (χ3n) is 6.34. The number of aromatic hydroxyl groups is 1. The summed E-state index contributed by atoms with van der Waals surface area (Å²) in [5.74, 6) is 1.68. The molecule has 3 N–H and O–H groups in total. The van der Waals surface area contributed by atoms with Gasteiger partial charge in [0.15, 0.2) is 0 Å². The van der Waals surface area contributed by atoms with Crippen molar-refractivity contribution in [3.8, 4) is 5.75 Å². The fourth-order valence-corrected chi connectivity index (χ4v) is 4.98. The van der Waals surface area contributed by atoms with Gasteiger partial charge in [-0.2, -0.15) is 0 Å². The summed E-state index contributed by atoms with van der Waals surface area (Å²) in [6, 6.07) is 5.81. The van der Waals surface area contributed by atoms with Crippen LogP contribution >= 0.6 is 0 Å². The van der Waals surface area contributed by atoms with Gasteiger partial charge >= 0.3 is 0 Å². The van der Waals surface area contributed by atoms with Gasteiger partial charge < -0.3 is 15.3 Å². The molecule has 0 heterocycles. The zero-order chi connectivity index (χ0) is 17.1. The van der Waals surface area contributed by atoms with Gasteiger partial charge in [-0.25, -0.2) is 0 Å². The van der Waals surface area contributed by atoms with Gasteiger partial charge in [0, 0.05) is 0 Å². The van der Waals surface area contributed by atoms with Crippen molar-refractivity contribution in [1.29, 1.82) is 0 Å². The molecule has 3 rings (SSSR count). The highest BCUT2D eigenvalue weighted by Crippen LogP contribution is 2.48. The van der Waals surface area contributed by atoms with Crippen LogP contribution < -0.4 is 0 Å². The minimum atomic E-state index is -0.251. The number of aliphatic hydroxyl groups is 2. The van der Waals surface area contributed by atoms with Crippen molar-refractivity contribution in [3.05, 3.63) is 29.3 Å². The van der Waals surface area contributed by atoms with Gasteiger partial charge in [-0.15, -0.1) is 0 Å². The number of phenolic OH excluding ortho intramolecular Hbond substituents is 1. The van der Waals surface area contributed by atoms with Gasteiger partial charge in [0.1, 0.15) is 5.75 Å². The van der Waals surface area contributed by atoms with Crippen molar-refractivity contribution >= 4 is 0 Å². The van der Waals surface area contributed by atoms with Crippen molar-refractivity contribution in [3.63, 3.8) is 0 Å². The molecule has 3 nitrogen and oxygen atoms in total. The van der Waals surface area contributed by atoms with E-state index in [-0.39, 0.29) is 12.2 Å². The lowest BCUT2D eigenvalue weighted by molar-refractivity contribution is 0.0869. The van der Waals surface area contributed by atoms with Gasteiger partial charge in [-0.05, 0) is 73.5 Å². The Labute approximate surface area is 145 Å². The number of hydrogen-bond donors (Lipinski definition) is 3. The Morgan fingerprint density at radius 1 is 1.17 bits per heavy atom. The van der Waals surface area contributed by atoms with Crippen LogP contribution in [0.25, 0.3) is 0 Å². The minimum absolute atomic E-state index is 0.220. The highest BCUT2D eigenvalue weighted by atomic mass is 16.3. The second kappa shape index (κ2) is 7.88. The van der Waals surface area contributed by atoms with Crippen molar-refractivity contribution in [2.75, 3.05) is 0 Å². The summed E-state index contributed by atoms with van der Waals surface area (Å²) < 4.78 is 0. The number of unbranched alkanes of at least 4 members (excludes halogenated alkanes) is 2. The Morgan fingerprint density at radius 3 is 2.79 bits per heavy atom. The van der Waals surface area contributed by atoms with Crippen molar-refractivity contribution in [1.82, 2.24) is 0 Å². The SMILES string of the molecule is CCCCC[C@@H](O)CC[C@H]1C2Cc3cccc(O)c3CC2C[C@@H]1O. The number of fused-ring (bicyclic) bond motifs is 2. The number of rotatable bonds is 7. The summed E-state index contributed by atoms with van der Waals surface area (Å²) in [4.78, 5) is 0. The van der Waals surface area contributed by atoms with Crippen molar-refractivity contribution in [2.45, 2.75) is 76.9 Å². The molecule has 2 unspecified atom stereocenters. The molecular weight excluding hydrogens is 300 g/mol. The molecule has 0 spiro atoms. The van der Waals surface area contributed by atoms with Crippen LogP contribution in [0.5, 0.6) is 5.75 Å². The van der Waals surface area contributed by atoms with Crippen LogP contribution in [-0.2, 0) is 12.8 Å². The number of benzene rings is 1. The number of aliphatic hydroxyl groups excluding tert-OH is 2. The molecule has 2 aliphatic rings. The standard InChI is InChI=1S/C21H32O3/c1-2-3-4-7-16(22)9-10-17-18-11-14-6-5-8-20(23)19(14)12-15(18)13-21(17)24/h5-6,8,15-18,21-24H,2-4,7,9-13H2,1H3/t15?,16-,17+,18?,21+/m1/s1. The molecule has 5 atom stereocenters. The van der Waals surface area contributed by atoms with Gasteiger partial charge in [0.05, 0.1) is 12.2 Å². The van der Waals surface area contributed by atoms with E-state index in [1.54, 1.807) is 6.07 Å². The zero-order valence-electron chi connectivity index (χ0n) is 14.8. The average Bonchev–Trinajstić information content (AvgIpc) is 2.86. The molecule has 0 bridgehead atoms. The molecule has 3 heteroatoms. The summed E-state index contributed by atoms with van der Waals surface area (Å²) in [5.41, 5.74) is 2.34. The van der Waals surface area contributed by atoms with E-state index in [2.05, 4.69) is 13.0 Å². The largest absolute Gasteiger partial charge is 0.508 e. The molecule has 0 saturated heterocycles. The third-order valence-corrected chi connectivity index (χ3v) is 6.34. The van der Waals surface area contributed by atoms with Gasteiger partial charge in [0.2, 0.25) is 0 Å². The molecule has 134 valence electrons. The van der Waals surface area contributed by atoms with Gasteiger partial charge in [-0.3, -0.25) is 0 Å². The van der Waals surface area contributed by atoms with Crippen LogP contribution in [0.15, 0.2) is 18.2 Å². The Bertz CT molecular complexity index is 542. The van der Waals surface area contributed by atoms with Crippen molar-refractivity contribution in [2.24, 2.45) is 17.8 Å². The first-order valence-electron chi connectivity index (χ1n) is 9.76. The summed E-state index contributed by atoms with van der Waals surface area (Å²) in [6.45, 7) is 2.18. The van der Waals surface area contributed by atoms with E-state index in [4.69, 9.17) is 0 Å². The molecule has 1 aromatic rings. The van der Waals surface area contributed by atoms with Crippen LogP contribution in [0, 0.1) is 17.8 Å². The lowest BCUT2D eigenvalue weighted by Gasteiger charge is -2.32. The fourth-order valence-electron chi connectivity index (χ4n) is 4.98. The molecule has 0 aliphatic heterocycles. The summed E-state index contributed by atoms with van der Waals surface area (Å²) in [6.07, 6.45) is 8.31. The lowest BCUT2D eigenvalue weighted by atomic mass is 9.73. The maximum Gasteiger partial charge on any atom is 0.119 e. The maximum absolute atomic E-state index is 10.6. The zero-order valence-corrected chi connectivity index (χ0v) is 14.8. The third kappa shape index (κ3) is 3.78. The molecule has 24 heavy (non-hydrogen) atoms. The first-order chi connectivity index (χ1) is 11.6. The molecule has 0 amide bonds. The smallest absolute Gasteiger partial charge is 0.119 e. The number of hydrogen-bond acceptors (Lipinski definition) is 3. The Kier molecular flexibility index (Phi) is 5.83. The summed E-state index contributed by atoms with van der Waals surface area (Å²) >= 11 is 0. The van der Waals surface area contributed by atoms with E-state index in [1.165, 1.54) is 18.4 Å². The highest BCUT2D eigenvalue weighted by Gasteiger charge is 2.44. The quantitative estimate of drug-likeness (QED) is 0.665. The topological polar surface area (TPSA) is 60.7 Å². The molecule has 1 aromatic carbocycles. The molecular formula is C21H32O3. The van der Waals surface area contributed by atoms with Gasteiger partial charge in [-0.1, -0.05) is 38.3 Å². The Morgan fingerprint density at radius 2 is 2.00 bits per heavy atom. The van der Waals surface area contributed by atoms with Crippen LogP contribution in [0.1, 0.15) is 63.0 Å². The Balaban J connectivity index is 1.59. The van der Waals surface area contributed by atoms with Crippen LogP contribution in [0.4, 0.5) is 0 Å². The van der Waals surface area contributed by atoms with Crippen molar-refractivity contribution < 1.29 is 15.3 Å².